The van der Waals surface area contributed by atoms with Gasteiger partial charge in [0, 0.05) is 11.8 Å². The van der Waals surface area contributed by atoms with E-state index in [4.69, 9.17) is 11.6 Å². The molecule has 0 radical (unpaired) electrons. The molecule has 0 saturated carbocycles. The molecule has 0 aliphatic heterocycles. The van der Waals surface area contributed by atoms with Gasteiger partial charge in [0.1, 0.15) is 28.4 Å². The molecule has 0 spiro atoms. The standard InChI is InChI=1S/C17H15ClFN3O/c1-10-7-8-22-14(9-10)20-15(12-3-5-13(19)6-4-12)16(22)21-17(23)11(2)18/h3-9,11H,1-2H3,(H,21,23). The average molecular weight is 332 g/mol. The average Bonchev–Trinajstić information content (AvgIpc) is 2.85. The lowest BCUT2D eigenvalue weighted by molar-refractivity contribution is -0.115. The highest BCUT2D eigenvalue weighted by Gasteiger charge is 2.18. The number of carbonyl (C=O) groups is 1. The lowest BCUT2D eigenvalue weighted by Gasteiger charge is -2.09. The molecule has 1 amide bonds. The molecule has 1 unspecified atom stereocenters. The van der Waals surface area contributed by atoms with Crippen LogP contribution in [0.3, 0.4) is 0 Å². The first-order valence-corrected chi connectivity index (χ1v) is 7.59. The quantitative estimate of drug-likeness (QED) is 0.737. The Balaban J connectivity index is 2.18. The van der Waals surface area contributed by atoms with Crippen LogP contribution in [0.4, 0.5) is 10.2 Å². The number of amides is 1. The highest BCUT2D eigenvalue weighted by Crippen LogP contribution is 2.29. The fourth-order valence-electron chi connectivity index (χ4n) is 2.29. The number of alkyl halides is 1. The molecule has 1 aromatic carbocycles. The first-order chi connectivity index (χ1) is 11.0. The molecular weight excluding hydrogens is 317 g/mol. The largest absolute Gasteiger partial charge is 0.309 e. The zero-order chi connectivity index (χ0) is 16.6. The monoisotopic (exact) mass is 331 g/mol. The van der Waals surface area contributed by atoms with Gasteiger partial charge in [0.05, 0.1) is 0 Å². The summed E-state index contributed by atoms with van der Waals surface area (Å²) in [6.07, 6.45) is 1.83. The number of aryl methyl sites for hydroxylation is 1. The molecule has 118 valence electrons. The number of hydrogen-bond acceptors (Lipinski definition) is 2. The third-order valence-corrected chi connectivity index (χ3v) is 3.70. The number of pyridine rings is 1. The van der Waals surface area contributed by atoms with Crippen LogP contribution in [0.15, 0.2) is 42.6 Å². The van der Waals surface area contributed by atoms with Gasteiger partial charge in [0.15, 0.2) is 0 Å². The highest BCUT2D eigenvalue weighted by atomic mass is 35.5. The SMILES string of the molecule is Cc1ccn2c(NC(=O)C(C)Cl)c(-c3ccc(F)cc3)nc2c1. The van der Waals surface area contributed by atoms with E-state index >= 15 is 0 Å². The molecule has 2 heterocycles. The van der Waals surface area contributed by atoms with Gasteiger partial charge in [-0.3, -0.25) is 9.20 Å². The van der Waals surface area contributed by atoms with Crippen LogP contribution in [0, 0.1) is 12.7 Å². The number of hydrogen-bond donors (Lipinski definition) is 1. The van der Waals surface area contributed by atoms with Crippen molar-refractivity contribution in [1.82, 2.24) is 9.38 Å². The van der Waals surface area contributed by atoms with Crippen LogP contribution in [0.2, 0.25) is 0 Å². The Morgan fingerprint density at radius 2 is 2.00 bits per heavy atom. The number of anilines is 1. The normalized spacial score (nSPS) is 12.3. The first-order valence-electron chi connectivity index (χ1n) is 7.15. The van der Waals surface area contributed by atoms with Gasteiger partial charge in [-0.05, 0) is 55.8 Å². The number of carbonyl (C=O) groups excluding carboxylic acids is 1. The molecule has 3 rings (SSSR count). The predicted octanol–water partition coefficient (Wildman–Crippen LogP) is 4.01. The van der Waals surface area contributed by atoms with Gasteiger partial charge in [-0.2, -0.15) is 0 Å². The Labute approximate surface area is 137 Å². The predicted molar refractivity (Wildman–Crippen MR) is 89.3 cm³/mol. The Morgan fingerprint density at radius 1 is 1.30 bits per heavy atom. The molecule has 23 heavy (non-hydrogen) atoms. The number of imidazole rings is 1. The Bertz CT molecular complexity index is 871. The minimum atomic E-state index is -0.674. The van der Waals surface area contributed by atoms with Crippen LogP contribution >= 0.6 is 11.6 Å². The van der Waals surface area contributed by atoms with E-state index in [2.05, 4.69) is 10.3 Å². The summed E-state index contributed by atoms with van der Waals surface area (Å²) in [5.41, 5.74) is 3.03. The zero-order valence-electron chi connectivity index (χ0n) is 12.7. The number of rotatable bonds is 3. The van der Waals surface area contributed by atoms with Crippen molar-refractivity contribution in [2.75, 3.05) is 5.32 Å². The molecule has 0 aliphatic carbocycles. The Kier molecular flexibility index (Phi) is 4.05. The maximum absolute atomic E-state index is 13.2. The van der Waals surface area contributed by atoms with Crippen LogP contribution in [0.25, 0.3) is 16.9 Å². The fraction of sp³-hybridized carbons (Fsp3) is 0.176. The van der Waals surface area contributed by atoms with E-state index in [9.17, 15) is 9.18 Å². The van der Waals surface area contributed by atoms with E-state index in [1.165, 1.54) is 12.1 Å². The molecule has 0 aliphatic rings. The topological polar surface area (TPSA) is 46.4 Å². The molecule has 3 aromatic rings. The maximum Gasteiger partial charge on any atom is 0.243 e. The van der Waals surface area contributed by atoms with Crippen molar-refractivity contribution in [3.8, 4) is 11.3 Å². The van der Waals surface area contributed by atoms with E-state index < -0.39 is 5.38 Å². The van der Waals surface area contributed by atoms with Crippen molar-refractivity contribution in [3.63, 3.8) is 0 Å². The molecular formula is C17H15ClFN3O. The minimum absolute atomic E-state index is 0.322. The molecule has 1 N–H and O–H groups in total. The Morgan fingerprint density at radius 3 is 2.65 bits per heavy atom. The third-order valence-electron chi connectivity index (χ3n) is 3.50. The molecule has 0 bridgehead atoms. The van der Waals surface area contributed by atoms with Crippen molar-refractivity contribution in [1.29, 1.82) is 0 Å². The van der Waals surface area contributed by atoms with Gasteiger partial charge >= 0.3 is 0 Å². The molecule has 2 aromatic heterocycles. The van der Waals surface area contributed by atoms with Crippen molar-refractivity contribution in [3.05, 3.63) is 54.0 Å². The van der Waals surface area contributed by atoms with Gasteiger partial charge in [0.25, 0.3) is 0 Å². The van der Waals surface area contributed by atoms with Crippen LogP contribution in [-0.4, -0.2) is 20.7 Å². The number of nitrogens with zero attached hydrogens (tertiary/aromatic N) is 2. The molecule has 0 saturated heterocycles. The summed E-state index contributed by atoms with van der Waals surface area (Å²) in [6.45, 7) is 3.56. The number of halogens is 2. The molecule has 6 heteroatoms. The minimum Gasteiger partial charge on any atom is -0.309 e. The Hall–Kier alpha value is -2.40. The molecule has 4 nitrogen and oxygen atoms in total. The second-order valence-corrected chi connectivity index (χ2v) is 6.01. The van der Waals surface area contributed by atoms with Gasteiger partial charge in [-0.1, -0.05) is 0 Å². The smallest absolute Gasteiger partial charge is 0.243 e. The summed E-state index contributed by atoms with van der Waals surface area (Å²) in [4.78, 5) is 16.6. The molecule has 1 atom stereocenters. The van der Waals surface area contributed by atoms with Gasteiger partial charge in [-0.25, -0.2) is 9.37 Å². The van der Waals surface area contributed by atoms with Crippen molar-refractivity contribution in [2.24, 2.45) is 0 Å². The van der Waals surface area contributed by atoms with E-state index in [0.717, 1.165) is 5.56 Å². The van der Waals surface area contributed by atoms with E-state index in [-0.39, 0.29) is 11.7 Å². The second-order valence-electron chi connectivity index (χ2n) is 5.35. The van der Waals surface area contributed by atoms with Gasteiger partial charge in [0.2, 0.25) is 5.91 Å². The maximum atomic E-state index is 13.2. The van der Waals surface area contributed by atoms with Crippen LogP contribution < -0.4 is 5.32 Å². The summed E-state index contributed by atoms with van der Waals surface area (Å²) in [6, 6.07) is 9.81. The van der Waals surface area contributed by atoms with Crippen LogP contribution in [-0.2, 0) is 4.79 Å². The molecule has 0 fully saturated rings. The van der Waals surface area contributed by atoms with Crippen LogP contribution in [0.5, 0.6) is 0 Å². The number of fused-ring (bicyclic) bond motifs is 1. The number of nitrogens with one attached hydrogen (secondary N) is 1. The summed E-state index contributed by atoms with van der Waals surface area (Å²) < 4.78 is 14.9. The van der Waals surface area contributed by atoms with Crippen molar-refractivity contribution < 1.29 is 9.18 Å². The van der Waals surface area contributed by atoms with Gasteiger partial charge < -0.3 is 5.32 Å². The van der Waals surface area contributed by atoms with Crippen molar-refractivity contribution in [2.45, 2.75) is 19.2 Å². The number of aromatic nitrogens is 2. The van der Waals surface area contributed by atoms with E-state index in [1.54, 1.807) is 23.5 Å². The second kappa shape index (κ2) is 6.01. The summed E-state index contributed by atoms with van der Waals surface area (Å²) in [7, 11) is 0. The summed E-state index contributed by atoms with van der Waals surface area (Å²) in [5.74, 6) is -0.130. The van der Waals surface area contributed by atoms with E-state index in [0.29, 0.717) is 22.7 Å². The third kappa shape index (κ3) is 3.05. The van der Waals surface area contributed by atoms with Crippen molar-refractivity contribution >= 4 is 29.0 Å². The fourth-order valence-corrected chi connectivity index (χ4v) is 2.35. The van der Waals surface area contributed by atoms with Crippen LogP contribution in [0.1, 0.15) is 12.5 Å². The lowest BCUT2D eigenvalue weighted by Crippen LogP contribution is -2.21. The number of benzene rings is 1. The van der Waals surface area contributed by atoms with Gasteiger partial charge in [-0.15, -0.1) is 11.6 Å². The van der Waals surface area contributed by atoms with E-state index in [1.807, 2.05) is 25.3 Å². The summed E-state index contributed by atoms with van der Waals surface area (Å²) in [5, 5.41) is 2.13. The highest BCUT2D eigenvalue weighted by molar-refractivity contribution is 6.32. The lowest BCUT2D eigenvalue weighted by atomic mass is 10.1. The zero-order valence-corrected chi connectivity index (χ0v) is 13.4. The summed E-state index contributed by atoms with van der Waals surface area (Å²) >= 11 is 5.85. The first kappa shape index (κ1) is 15.5.